The second kappa shape index (κ2) is 11.0. The maximum Gasteiger partial charge on any atom is 0.261 e. The van der Waals surface area contributed by atoms with Crippen molar-refractivity contribution in [2.75, 3.05) is 10.0 Å². The number of amides is 1. The van der Waals surface area contributed by atoms with Gasteiger partial charge >= 0.3 is 0 Å². The van der Waals surface area contributed by atoms with E-state index in [1.165, 1.54) is 28.5 Å². The number of hydrogen-bond acceptors (Lipinski definition) is 5. The third-order valence-corrected chi connectivity index (χ3v) is 8.09. The molecule has 0 aliphatic carbocycles. The summed E-state index contributed by atoms with van der Waals surface area (Å²) in [7, 11) is -3.77. The first-order valence-corrected chi connectivity index (χ1v) is 14.3. The summed E-state index contributed by atoms with van der Waals surface area (Å²) >= 11 is 1.33. The number of hydrogen-bond donors (Lipinski definition) is 2. The van der Waals surface area contributed by atoms with Crippen LogP contribution in [0.25, 0.3) is 11.3 Å². The van der Waals surface area contributed by atoms with E-state index in [4.69, 9.17) is 0 Å². The topological polar surface area (TPSA) is 88.2 Å². The van der Waals surface area contributed by atoms with Crippen LogP contribution in [0.5, 0.6) is 0 Å². The van der Waals surface area contributed by atoms with Gasteiger partial charge in [-0.1, -0.05) is 78.4 Å². The number of anilines is 2. The van der Waals surface area contributed by atoms with Crippen LogP contribution in [0, 0.1) is 6.92 Å². The molecule has 0 bridgehead atoms. The minimum atomic E-state index is -3.77. The fraction of sp³-hybridized carbons (Fsp3) is 0.0667. The number of carbonyl (C=O) groups excluding carboxylic acids is 1. The van der Waals surface area contributed by atoms with Crippen molar-refractivity contribution in [2.45, 2.75) is 18.2 Å². The number of sulfonamides is 1. The molecule has 0 radical (unpaired) electrons. The van der Waals surface area contributed by atoms with Crippen LogP contribution in [0.4, 0.5) is 10.8 Å². The normalized spacial score (nSPS) is 11.2. The zero-order valence-corrected chi connectivity index (χ0v) is 22.2. The maximum absolute atomic E-state index is 12.9. The average molecular weight is 540 g/mol. The highest BCUT2D eigenvalue weighted by Gasteiger charge is 2.16. The summed E-state index contributed by atoms with van der Waals surface area (Å²) < 4.78 is 28.0. The fourth-order valence-electron chi connectivity index (χ4n) is 3.91. The molecule has 0 atom stereocenters. The van der Waals surface area contributed by atoms with Crippen LogP contribution >= 0.6 is 11.3 Å². The van der Waals surface area contributed by atoms with E-state index in [1.807, 2.05) is 42.6 Å². The van der Waals surface area contributed by atoms with Crippen LogP contribution in [0.15, 0.2) is 113 Å². The van der Waals surface area contributed by atoms with Crippen LogP contribution in [0.2, 0.25) is 0 Å². The Morgan fingerprint density at radius 3 is 2.29 bits per heavy atom. The maximum atomic E-state index is 12.9. The van der Waals surface area contributed by atoms with Crippen LogP contribution in [0.3, 0.4) is 0 Å². The largest absolute Gasteiger partial charge is 0.298 e. The quantitative estimate of drug-likeness (QED) is 0.228. The minimum Gasteiger partial charge on any atom is -0.298 e. The van der Waals surface area contributed by atoms with Crippen molar-refractivity contribution in [1.29, 1.82) is 0 Å². The van der Waals surface area contributed by atoms with Crippen molar-refractivity contribution in [1.82, 2.24) is 4.98 Å². The summed E-state index contributed by atoms with van der Waals surface area (Å²) in [4.78, 5) is 17.6. The van der Waals surface area contributed by atoms with E-state index in [-0.39, 0.29) is 10.8 Å². The Bertz CT molecular complexity index is 1660. The van der Waals surface area contributed by atoms with Gasteiger partial charge in [0, 0.05) is 22.2 Å². The molecular weight excluding hydrogens is 514 g/mol. The third-order valence-electron chi connectivity index (χ3n) is 5.93. The molecule has 1 heterocycles. The molecule has 6 nitrogen and oxygen atoms in total. The standard InChI is InChI=1S/C30H25N3O3S2/c1-21-10-16-27(17-11-21)38(35,36)33-26-9-5-8-25(19-26)29(34)32-30-31-28(20-37-30)24-14-12-23(13-15-24)18-22-6-3-2-4-7-22/h2-17,19-20,33H,18H2,1H3,(H,31,32,34). The van der Waals surface area contributed by atoms with Crippen molar-refractivity contribution in [3.8, 4) is 11.3 Å². The van der Waals surface area contributed by atoms with Gasteiger partial charge in [0.2, 0.25) is 0 Å². The summed E-state index contributed by atoms with van der Waals surface area (Å²) in [6.07, 6.45) is 0.861. The number of carbonyl (C=O) groups is 1. The Kier molecular flexibility index (Phi) is 7.35. The van der Waals surface area contributed by atoms with Gasteiger partial charge in [-0.2, -0.15) is 0 Å². The molecular formula is C30H25N3O3S2. The van der Waals surface area contributed by atoms with E-state index in [2.05, 4.69) is 39.3 Å². The molecule has 4 aromatic carbocycles. The number of nitrogens with one attached hydrogen (secondary N) is 2. The van der Waals surface area contributed by atoms with E-state index in [1.54, 1.807) is 42.5 Å². The first-order chi connectivity index (χ1) is 18.4. The first kappa shape index (κ1) is 25.4. The molecule has 0 saturated heterocycles. The van der Waals surface area contributed by atoms with Crippen molar-refractivity contribution in [3.05, 3.63) is 131 Å². The Hall–Kier alpha value is -4.27. The highest BCUT2D eigenvalue weighted by Crippen LogP contribution is 2.26. The number of aromatic nitrogens is 1. The predicted molar refractivity (Wildman–Crippen MR) is 153 cm³/mol. The smallest absolute Gasteiger partial charge is 0.261 e. The second-order valence-electron chi connectivity index (χ2n) is 8.85. The summed E-state index contributed by atoms with van der Waals surface area (Å²) in [5.41, 5.74) is 5.78. The molecule has 0 unspecified atom stereocenters. The van der Waals surface area contributed by atoms with Crippen molar-refractivity contribution in [3.63, 3.8) is 0 Å². The number of benzene rings is 4. The summed E-state index contributed by atoms with van der Waals surface area (Å²) in [5, 5.41) is 5.17. The Morgan fingerprint density at radius 2 is 1.55 bits per heavy atom. The molecule has 8 heteroatoms. The minimum absolute atomic E-state index is 0.154. The van der Waals surface area contributed by atoms with Crippen LogP contribution < -0.4 is 10.0 Å². The molecule has 190 valence electrons. The predicted octanol–water partition coefficient (Wildman–Crippen LogP) is 6.76. The Balaban J connectivity index is 1.24. The lowest BCUT2D eigenvalue weighted by Gasteiger charge is -2.10. The molecule has 1 amide bonds. The number of nitrogens with zero attached hydrogens (tertiary/aromatic N) is 1. The number of rotatable bonds is 8. The molecule has 1 aromatic heterocycles. The molecule has 0 spiro atoms. The van der Waals surface area contributed by atoms with Crippen LogP contribution in [-0.2, 0) is 16.4 Å². The molecule has 5 aromatic rings. The Morgan fingerprint density at radius 1 is 0.842 bits per heavy atom. The molecule has 0 aliphatic rings. The van der Waals surface area contributed by atoms with E-state index in [0.29, 0.717) is 16.4 Å². The highest BCUT2D eigenvalue weighted by molar-refractivity contribution is 7.92. The van der Waals surface area contributed by atoms with Crippen LogP contribution in [-0.4, -0.2) is 19.3 Å². The molecule has 2 N–H and O–H groups in total. The SMILES string of the molecule is Cc1ccc(S(=O)(=O)Nc2cccc(C(=O)Nc3nc(-c4ccc(Cc5ccccc5)cc4)cs3)c2)cc1. The highest BCUT2D eigenvalue weighted by atomic mass is 32.2. The van der Waals surface area contributed by atoms with Gasteiger partial charge in [-0.15, -0.1) is 11.3 Å². The monoisotopic (exact) mass is 539 g/mol. The summed E-state index contributed by atoms with van der Waals surface area (Å²) in [6, 6.07) is 31.5. The van der Waals surface area contributed by atoms with E-state index >= 15 is 0 Å². The van der Waals surface area contributed by atoms with Crippen LogP contribution in [0.1, 0.15) is 27.0 Å². The molecule has 0 saturated carbocycles. The lowest BCUT2D eigenvalue weighted by atomic mass is 10.0. The van der Waals surface area contributed by atoms with E-state index in [0.717, 1.165) is 23.2 Å². The average Bonchev–Trinajstić information content (AvgIpc) is 3.38. The van der Waals surface area contributed by atoms with Gasteiger partial charge in [-0.25, -0.2) is 13.4 Å². The van der Waals surface area contributed by atoms with Gasteiger partial charge in [0.1, 0.15) is 0 Å². The lowest BCUT2D eigenvalue weighted by Crippen LogP contribution is -2.15. The van der Waals surface area contributed by atoms with E-state index < -0.39 is 10.0 Å². The zero-order chi connectivity index (χ0) is 26.5. The molecule has 0 fully saturated rings. The van der Waals surface area contributed by atoms with Gasteiger partial charge in [-0.05, 0) is 54.8 Å². The molecule has 5 rings (SSSR count). The van der Waals surface area contributed by atoms with E-state index in [9.17, 15) is 13.2 Å². The number of aryl methyl sites for hydroxylation is 1. The van der Waals surface area contributed by atoms with Gasteiger partial charge in [0.25, 0.3) is 15.9 Å². The molecule has 38 heavy (non-hydrogen) atoms. The first-order valence-electron chi connectivity index (χ1n) is 12.0. The third kappa shape index (κ3) is 6.16. The summed E-state index contributed by atoms with van der Waals surface area (Å²) in [5.74, 6) is -0.375. The van der Waals surface area contributed by atoms with Gasteiger partial charge < -0.3 is 0 Å². The lowest BCUT2D eigenvalue weighted by molar-refractivity contribution is 0.102. The van der Waals surface area contributed by atoms with Gasteiger partial charge in [-0.3, -0.25) is 14.8 Å². The molecule has 0 aliphatic heterocycles. The van der Waals surface area contributed by atoms with Crippen molar-refractivity contribution < 1.29 is 13.2 Å². The zero-order valence-electron chi connectivity index (χ0n) is 20.6. The Labute approximate surface area is 226 Å². The fourth-order valence-corrected chi connectivity index (χ4v) is 5.68. The van der Waals surface area contributed by atoms with Crippen molar-refractivity contribution >= 4 is 38.1 Å². The van der Waals surface area contributed by atoms with Crippen molar-refractivity contribution in [2.24, 2.45) is 0 Å². The van der Waals surface area contributed by atoms with Gasteiger partial charge in [0.15, 0.2) is 5.13 Å². The summed E-state index contributed by atoms with van der Waals surface area (Å²) in [6.45, 7) is 1.89. The second-order valence-corrected chi connectivity index (χ2v) is 11.4. The van der Waals surface area contributed by atoms with Gasteiger partial charge in [0.05, 0.1) is 10.6 Å². The number of thiazole rings is 1.